The van der Waals surface area contributed by atoms with E-state index in [0.29, 0.717) is 30.6 Å². The van der Waals surface area contributed by atoms with Crippen molar-refractivity contribution in [3.05, 3.63) is 52.8 Å². The van der Waals surface area contributed by atoms with E-state index < -0.39 is 23.9 Å². The molecule has 0 unspecified atom stereocenters. The third-order valence-corrected chi connectivity index (χ3v) is 4.77. The maximum absolute atomic E-state index is 13.0. The minimum Gasteiger partial charge on any atom is -0.314 e. The van der Waals surface area contributed by atoms with Gasteiger partial charge in [0.2, 0.25) is 0 Å². The lowest BCUT2D eigenvalue weighted by atomic mass is 10.1. The summed E-state index contributed by atoms with van der Waals surface area (Å²) in [6.45, 7) is 0.856. The molecule has 0 saturated carbocycles. The number of fused-ring (bicyclic) bond motifs is 3. The van der Waals surface area contributed by atoms with Crippen LogP contribution in [0.15, 0.2) is 30.3 Å². The number of rotatable bonds is 1. The summed E-state index contributed by atoms with van der Waals surface area (Å²) in [5, 5.41) is 3.41. The number of aromatic nitrogens is 2. The third kappa shape index (κ3) is 2.38. The van der Waals surface area contributed by atoms with Crippen molar-refractivity contribution < 1.29 is 22.8 Å². The number of carbonyl (C=O) groups excluding carboxylic acids is 2. The van der Waals surface area contributed by atoms with Crippen LogP contribution in [0.5, 0.6) is 0 Å². The van der Waals surface area contributed by atoms with Crippen LogP contribution in [0.4, 0.5) is 13.2 Å². The second-order valence-corrected chi connectivity index (χ2v) is 6.35. The van der Waals surface area contributed by atoms with Gasteiger partial charge in [-0.1, -0.05) is 18.2 Å². The highest BCUT2D eigenvalue weighted by Crippen LogP contribution is 2.39. The summed E-state index contributed by atoms with van der Waals surface area (Å²) in [4.78, 5) is 28.6. The molecule has 1 atom stereocenters. The molecule has 2 amide bonds. The minimum atomic E-state index is -4.62. The number of benzene rings is 1. The van der Waals surface area contributed by atoms with Gasteiger partial charge in [0, 0.05) is 37.3 Å². The Bertz CT molecular complexity index is 906. The smallest absolute Gasteiger partial charge is 0.314 e. The van der Waals surface area contributed by atoms with Crippen LogP contribution in [0.2, 0.25) is 0 Å². The first-order chi connectivity index (χ1) is 12.3. The van der Waals surface area contributed by atoms with E-state index >= 15 is 0 Å². The molecule has 1 fully saturated rings. The Balaban J connectivity index is 1.73. The highest BCUT2D eigenvalue weighted by atomic mass is 19.4. The Morgan fingerprint density at radius 3 is 2.65 bits per heavy atom. The SMILES string of the molecule is Cn1nc(C(F)(F)F)cc1C(=O)N1CCCN2C(=O)c3ccccc3[C@H]21. The molecule has 3 heterocycles. The summed E-state index contributed by atoms with van der Waals surface area (Å²) < 4.78 is 39.6. The monoisotopic (exact) mass is 364 g/mol. The van der Waals surface area contributed by atoms with Crippen LogP contribution in [-0.2, 0) is 13.2 Å². The zero-order chi connectivity index (χ0) is 18.6. The highest BCUT2D eigenvalue weighted by molar-refractivity contribution is 6.01. The second-order valence-electron chi connectivity index (χ2n) is 6.35. The average molecular weight is 364 g/mol. The third-order valence-electron chi connectivity index (χ3n) is 4.77. The zero-order valence-corrected chi connectivity index (χ0v) is 13.8. The van der Waals surface area contributed by atoms with Crippen LogP contribution in [0.3, 0.4) is 0 Å². The number of carbonyl (C=O) groups is 2. The Morgan fingerprint density at radius 2 is 1.96 bits per heavy atom. The molecular weight excluding hydrogens is 349 g/mol. The Hall–Kier alpha value is -2.84. The van der Waals surface area contributed by atoms with Crippen molar-refractivity contribution in [3.8, 4) is 0 Å². The molecule has 1 saturated heterocycles. The lowest BCUT2D eigenvalue weighted by Gasteiger charge is -2.40. The number of alkyl halides is 3. The molecule has 0 bridgehead atoms. The van der Waals surface area contributed by atoms with E-state index in [9.17, 15) is 22.8 Å². The molecule has 2 aliphatic rings. The molecule has 1 aromatic carbocycles. The lowest BCUT2D eigenvalue weighted by molar-refractivity contribution is -0.141. The van der Waals surface area contributed by atoms with E-state index in [0.717, 1.165) is 10.7 Å². The van der Waals surface area contributed by atoms with Gasteiger partial charge in [0.1, 0.15) is 11.9 Å². The molecule has 4 rings (SSSR count). The number of hydrogen-bond donors (Lipinski definition) is 0. The summed E-state index contributed by atoms with van der Waals surface area (Å²) in [6, 6.07) is 7.75. The van der Waals surface area contributed by atoms with Crippen molar-refractivity contribution in [1.29, 1.82) is 0 Å². The first kappa shape index (κ1) is 16.6. The van der Waals surface area contributed by atoms with E-state index in [1.165, 1.54) is 11.9 Å². The van der Waals surface area contributed by atoms with E-state index in [1.54, 1.807) is 29.2 Å². The number of amides is 2. The van der Waals surface area contributed by atoms with Crippen molar-refractivity contribution in [1.82, 2.24) is 19.6 Å². The largest absolute Gasteiger partial charge is 0.435 e. The molecule has 6 nitrogen and oxygen atoms in total. The summed E-state index contributed by atoms with van der Waals surface area (Å²) in [5.41, 5.74) is -0.0435. The van der Waals surface area contributed by atoms with Crippen LogP contribution in [0, 0.1) is 0 Å². The predicted molar refractivity (Wildman–Crippen MR) is 84.1 cm³/mol. The Labute approximate surface area is 146 Å². The van der Waals surface area contributed by atoms with Crippen molar-refractivity contribution in [3.63, 3.8) is 0 Å². The van der Waals surface area contributed by atoms with Gasteiger partial charge in [-0.3, -0.25) is 14.3 Å². The lowest BCUT2D eigenvalue weighted by Crippen LogP contribution is -2.49. The maximum atomic E-state index is 13.0. The first-order valence-electron chi connectivity index (χ1n) is 8.11. The molecule has 2 aromatic rings. The quantitative estimate of drug-likeness (QED) is 0.781. The molecule has 2 aliphatic heterocycles. The van der Waals surface area contributed by atoms with Gasteiger partial charge < -0.3 is 9.80 Å². The van der Waals surface area contributed by atoms with E-state index in [4.69, 9.17) is 0 Å². The Morgan fingerprint density at radius 1 is 1.23 bits per heavy atom. The van der Waals surface area contributed by atoms with Gasteiger partial charge in [-0.15, -0.1) is 0 Å². The fourth-order valence-corrected chi connectivity index (χ4v) is 3.61. The van der Waals surface area contributed by atoms with E-state index in [1.807, 2.05) is 0 Å². The van der Waals surface area contributed by atoms with Crippen LogP contribution in [0.1, 0.15) is 44.7 Å². The van der Waals surface area contributed by atoms with Crippen molar-refractivity contribution >= 4 is 11.8 Å². The van der Waals surface area contributed by atoms with Gasteiger partial charge in [-0.25, -0.2) is 0 Å². The number of nitrogens with zero attached hydrogens (tertiary/aromatic N) is 4. The Kier molecular flexibility index (Phi) is 3.57. The molecule has 1 aromatic heterocycles. The molecule has 0 N–H and O–H groups in total. The number of hydrogen-bond acceptors (Lipinski definition) is 3. The minimum absolute atomic E-state index is 0.156. The average Bonchev–Trinajstić information content (AvgIpc) is 3.14. The molecule has 0 radical (unpaired) electrons. The summed E-state index contributed by atoms with van der Waals surface area (Å²) in [5.74, 6) is -0.737. The normalized spacial score (nSPS) is 19.5. The van der Waals surface area contributed by atoms with Crippen LogP contribution < -0.4 is 0 Å². The fraction of sp³-hybridized carbons (Fsp3) is 0.353. The van der Waals surface area contributed by atoms with Gasteiger partial charge in [0.25, 0.3) is 11.8 Å². The molecule has 26 heavy (non-hydrogen) atoms. The predicted octanol–water partition coefficient (Wildman–Crippen LogP) is 2.44. The number of halogens is 3. The van der Waals surface area contributed by atoms with Gasteiger partial charge in [0.05, 0.1) is 0 Å². The van der Waals surface area contributed by atoms with E-state index in [2.05, 4.69) is 5.10 Å². The zero-order valence-electron chi connectivity index (χ0n) is 13.8. The summed E-state index contributed by atoms with van der Waals surface area (Å²) >= 11 is 0. The topological polar surface area (TPSA) is 58.4 Å². The van der Waals surface area contributed by atoms with Crippen molar-refractivity contribution in [2.24, 2.45) is 7.05 Å². The van der Waals surface area contributed by atoms with Gasteiger partial charge in [0.15, 0.2) is 5.69 Å². The molecule has 9 heteroatoms. The second kappa shape index (κ2) is 5.58. The van der Waals surface area contributed by atoms with Gasteiger partial charge in [-0.2, -0.15) is 18.3 Å². The highest BCUT2D eigenvalue weighted by Gasteiger charge is 2.45. The summed E-state index contributed by atoms with van der Waals surface area (Å²) in [6.07, 6.45) is -4.66. The van der Waals surface area contributed by atoms with Crippen LogP contribution >= 0.6 is 0 Å². The molecule has 0 spiro atoms. The summed E-state index contributed by atoms with van der Waals surface area (Å²) in [7, 11) is 1.30. The van der Waals surface area contributed by atoms with E-state index in [-0.39, 0.29) is 11.6 Å². The number of aryl methyl sites for hydroxylation is 1. The first-order valence-corrected chi connectivity index (χ1v) is 8.11. The molecular formula is C17H15F3N4O2. The fourth-order valence-electron chi connectivity index (χ4n) is 3.61. The van der Waals surface area contributed by atoms with Crippen LogP contribution in [-0.4, -0.2) is 44.5 Å². The molecule has 136 valence electrons. The van der Waals surface area contributed by atoms with Gasteiger partial charge in [-0.05, 0) is 12.5 Å². The standard InChI is InChI=1S/C17H15F3N4O2/c1-22-12(9-13(21-22)17(18,19)20)16(26)24-8-4-7-23-14(24)10-5-2-3-6-11(10)15(23)25/h2-3,5-6,9,14H,4,7-8H2,1H3/t14-/m1/s1. The van der Waals surface area contributed by atoms with Crippen molar-refractivity contribution in [2.75, 3.05) is 13.1 Å². The van der Waals surface area contributed by atoms with Crippen LogP contribution in [0.25, 0.3) is 0 Å². The maximum Gasteiger partial charge on any atom is 0.435 e. The van der Waals surface area contributed by atoms with Gasteiger partial charge >= 0.3 is 6.18 Å². The van der Waals surface area contributed by atoms with Crippen molar-refractivity contribution in [2.45, 2.75) is 18.8 Å². The molecule has 0 aliphatic carbocycles.